The number of hydrogen-bond acceptors (Lipinski definition) is 3. The molecule has 5 heteroatoms. The quantitative estimate of drug-likeness (QED) is 0.296. The van der Waals surface area contributed by atoms with Crippen LogP contribution in [-0.2, 0) is 9.59 Å². The van der Waals surface area contributed by atoms with Gasteiger partial charge < -0.3 is 16.4 Å². The normalized spacial score (nSPS) is 11.0. The average molecular weight is 289 g/mol. The van der Waals surface area contributed by atoms with Gasteiger partial charge in [-0.1, -0.05) is 31.9 Å². The Kier molecular flexibility index (Phi) is 7.01. The van der Waals surface area contributed by atoms with Crippen molar-refractivity contribution >= 4 is 23.6 Å². The predicted octanol–water partition coefficient (Wildman–Crippen LogP) is 1.90. The number of carbonyl (C=O) groups excluding carboxylic acids is 2. The molecule has 0 bridgehead atoms. The molecule has 0 unspecified atom stereocenters. The topological polar surface area (TPSA) is 84.2 Å². The van der Waals surface area contributed by atoms with Crippen LogP contribution < -0.4 is 16.4 Å². The van der Waals surface area contributed by atoms with Crippen LogP contribution in [0.15, 0.2) is 29.8 Å². The summed E-state index contributed by atoms with van der Waals surface area (Å²) in [5.41, 5.74) is 6.98. The summed E-state index contributed by atoms with van der Waals surface area (Å²) >= 11 is 0. The van der Waals surface area contributed by atoms with Gasteiger partial charge in [0, 0.05) is 19.3 Å². The SMILES string of the molecule is CCCCCNC(=O)C(=Cc1ccc(NC)cc1)C(N)=O. The van der Waals surface area contributed by atoms with Crippen LogP contribution in [0.3, 0.4) is 0 Å². The van der Waals surface area contributed by atoms with Crippen molar-refractivity contribution in [3.05, 3.63) is 35.4 Å². The third-order valence-corrected chi connectivity index (χ3v) is 3.09. The second kappa shape index (κ2) is 8.79. The monoisotopic (exact) mass is 289 g/mol. The highest BCUT2D eigenvalue weighted by atomic mass is 16.2. The third kappa shape index (κ3) is 5.69. The van der Waals surface area contributed by atoms with Crippen LogP contribution in [-0.4, -0.2) is 25.4 Å². The molecule has 2 amide bonds. The molecule has 0 aliphatic rings. The van der Waals surface area contributed by atoms with Crippen molar-refractivity contribution < 1.29 is 9.59 Å². The third-order valence-electron chi connectivity index (χ3n) is 3.09. The van der Waals surface area contributed by atoms with E-state index < -0.39 is 11.8 Å². The van der Waals surface area contributed by atoms with Crippen molar-refractivity contribution in [1.29, 1.82) is 0 Å². The Morgan fingerprint density at radius 2 is 1.86 bits per heavy atom. The van der Waals surface area contributed by atoms with E-state index in [0.29, 0.717) is 6.54 Å². The fraction of sp³-hybridized carbons (Fsp3) is 0.375. The van der Waals surface area contributed by atoms with E-state index in [4.69, 9.17) is 5.73 Å². The largest absolute Gasteiger partial charge is 0.388 e. The van der Waals surface area contributed by atoms with Gasteiger partial charge in [-0.15, -0.1) is 0 Å². The lowest BCUT2D eigenvalue weighted by Gasteiger charge is -2.06. The Labute approximate surface area is 125 Å². The molecule has 0 saturated heterocycles. The summed E-state index contributed by atoms with van der Waals surface area (Å²) in [6.45, 7) is 2.64. The van der Waals surface area contributed by atoms with Gasteiger partial charge in [0.15, 0.2) is 0 Å². The molecule has 0 atom stereocenters. The van der Waals surface area contributed by atoms with Crippen LogP contribution in [0.5, 0.6) is 0 Å². The average Bonchev–Trinajstić information content (AvgIpc) is 2.49. The van der Waals surface area contributed by atoms with Crippen molar-refractivity contribution in [3.8, 4) is 0 Å². The zero-order chi connectivity index (χ0) is 15.7. The smallest absolute Gasteiger partial charge is 0.256 e. The molecule has 0 fully saturated rings. The molecule has 1 aromatic rings. The molecular weight excluding hydrogens is 266 g/mol. The van der Waals surface area contributed by atoms with Crippen LogP contribution >= 0.6 is 0 Å². The Hall–Kier alpha value is -2.30. The van der Waals surface area contributed by atoms with Gasteiger partial charge in [0.1, 0.15) is 5.57 Å². The second-order valence-electron chi connectivity index (χ2n) is 4.76. The first kappa shape index (κ1) is 16.8. The van der Waals surface area contributed by atoms with E-state index in [9.17, 15) is 9.59 Å². The van der Waals surface area contributed by atoms with Crippen molar-refractivity contribution in [2.24, 2.45) is 5.73 Å². The summed E-state index contributed by atoms with van der Waals surface area (Å²) in [7, 11) is 1.82. The molecule has 114 valence electrons. The van der Waals surface area contributed by atoms with Crippen molar-refractivity contribution in [2.45, 2.75) is 26.2 Å². The minimum Gasteiger partial charge on any atom is -0.388 e. The minimum atomic E-state index is -0.722. The lowest BCUT2D eigenvalue weighted by molar-refractivity contribution is -0.122. The molecular formula is C16H23N3O2. The second-order valence-corrected chi connectivity index (χ2v) is 4.76. The summed E-state index contributed by atoms with van der Waals surface area (Å²) in [6, 6.07) is 7.37. The first-order valence-electron chi connectivity index (χ1n) is 7.16. The first-order valence-corrected chi connectivity index (χ1v) is 7.16. The number of benzene rings is 1. The van der Waals surface area contributed by atoms with Crippen LogP contribution in [0, 0.1) is 0 Å². The maximum atomic E-state index is 12.0. The number of anilines is 1. The van der Waals surface area contributed by atoms with Crippen molar-refractivity contribution in [1.82, 2.24) is 5.32 Å². The molecule has 21 heavy (non-hydrogen) atoms. The highest BCUT2D eigenvalue weighted by Gasteiger charge is 2.14. The summed E-state index contributed by atoms with van der Waals surface area (Å²) in [4.78, 5) is 23.4. The summed E-state index contributed by atoms with van der Waals surface area (Å²) in [6.07, 6.45) is 4.52. The molecule has 0 aliphatic heterocycles. The number of carbonyl (C=O) groups is 2. The number of amides is 2. The Morgan fingerprint density at radius 3 is 2.38 bits per heavy atom. The predicted molar refractivity (Wildman–Crippen MR) is 85.7 cm³/mol. The fourth-order valence-electron chi connectivity index (χ4n) is 1.83. The van der Waals surface area contributed by atoms with E-state index in [-0.39, 0.29) is 5.57 Å². The number of nitrogens with one attached hydrogen (secondary N) is 2. The van der Waals surface area contributed by atoms with Gasteiger partial charge in [0.05, 0.1) is 0 Å². The first-order chi connectivity index (χ1) is 10.1. The van der Waals surface area contributed by atoms with Crippen LogP contribution in [0.25, 0.3) is 6.08 Å². The molecule has 4 N–H and O–H groups in total. The van der Waals surface area contributed by atoms with Gasteiger partial charge in [-0.2, -0.15) is 0 Å². The highest BCUT2D eigenvalue weighted by Crippen LogP contribution is 2.12. The van der Waals surface area contributed by atoms with E-state index in [0.717, 1.165) is 30.5 Å². The molecule has 0 aromatic heterocycles. The molecule has 0 aliphatic carbocycles. The molecule has 0 radical (unpaired) electrons. The van der Waals surface area contributed by atoms with E-state index in [1.807, 2.05) is 31.3 Å². The molecule has 0 spiro atoms. The molecule has 1 rings (SSSR count). The van der Waals surface area contributed by atoms with Gasteiger partial charge in [0.25, 0.3) is 11.8 Å². The standard InChI is InChI=1S/C16H23N3O2/c1-3-4-5-10-19-16(21)14(15(17)20)11-12-6-8-13(18-2)9-7-12/h6-9,11,18H,3-5,10H2,1-2H3,(H2,17,20)(H,19,21). The Bertz CT molecular complexity index is 507. The van der Waals surface area contributed by atoms with Gasteiger partial charge in [-0.25, -0.2) is 0 Å². The van der Waals surface area contributed by atoms with Gasteiger partial charge >= 0.3 is 0 Å². The van der Waals surface area contributed by atoms with Crippen LogP contribution in [0.1, 0.15) is 31.7 Å². The number of rotatable bonds is 8. The molecule has 1 aromatic carbocycles. The van der Waals surface area contributed by atoms with Gasteiger partial charge in [0.2, 0.25) is 0 Å². The van der Waals surface area contributed by atoms with E-state index in [1.165, 1.54) is 6.08 Å². The van der Waals surface area contributed by atoms with Crippen molar-refractivity contribution in [2.75, 3.05) is 18.9 Å². The Balaban J connectivity index is 2.77. The number of hydrogen-bond donors (Lipinski definition) is 3. The number of unbranched alkanes of at least 4 members (excludes halogenated alkanes) is 2. The minimum absolute atomic E-state index is 0.0243. The van der Waals surface area contributed by atoms with E-state index >= 15 is 0 Å². The van der Waals surface area contributed by atoms with Crippen LogP contribution in [0.4, 0.5) is 5.69 Å². The number of primary amides is 1. The zero-order valence-electron chi connectivity index (χ0n) is 12.6. The Morgan fingerprint density at radius 1 is 1.19 bits per heavy atom. The molecule has 5 nitrogen and oxygen atoms in total. The summed E-state index contributed by atoms with van der Waals surface area (Å²) in [5.74, 6) is -1.14. The number of nitrogens with two attached hydrogens (primary N) is 1. The highest BCUT2D eigenvalue weighted by molar-refractivity contribution is 6.21. The maximum absolute atomic E-state index is 12.0. The molecule has 0 saturated carbocycles. The lowest BCUT2D eigenvalue weighted by atomic mass is 10.1. The zero-order valence-corrected chi connectivity index (χ0v) is 12.6. The maximum Gasteiger partial charge on any atom is 0.256 e. The van der Waals surface area contributed by atoms with Gasteiger partial charge in [-0.05, 0) is 30.2 Å². The van der Waals surface area contributed by atoms with E-state index in [2.05, 4.69) is 17.6 Å². The fourth-order valence-corrected chi connectivity index (χ4v) is 1.83. The summed E-state index contributed by atoms with van der Waals surface area (Å²) < 4.78 is 0. The van der Waals surface area contributed by atoms with Gasteiger partial charge in [-0.3, -0.25) is 9.59 Å². The summed E-state index contributed by atoms with van der Waals surface area (Å²) in [5, 5.41) is 5.72. The molecule has 0 heterocycles. The lowest BCUT2D eigenvalue weighted by Crippen LogP contribution is -2.32. The van der Waals surface area contributed by atoms with Crippen molar-refractivity contribution in [3.63, 3.8) is 0 Å². The van der Waals surface area contributed by atoms with Crippen LogP contribution in [0.2, 0.25) is 0 Å². The van der Waals surface area contributed by atoms with E-state index in [1.54, 1.807) is 0 Å².